The summed E-state index contributed by atoms with van der Waals surface area (Å²) in [6, 6.07) is 8.60. The number of anilines is 1. The third-order valence-corrected chi connectivity index (χ3v) is 4.39. The maximum Gasteiger partial charge on any atom is 0.231 e. The molecule has 0 bridgehead atoms. The number of aromatic nitrogens is 1. The van der Waals surface area contributed by atoms with Crippen LogP contribution in [0.4, 0.5) is 10.3 Å². The first-order valence-corrected chi connectivity index (χ1v) is 7.09. The molecule has 3 nitrogen and oxygen atoms in total. The highest BCUT2D eigenvalue weighted by atomic mass is 79.9. The van der Waals surface area contributed by atoms with Gasteiger partial charge in [-0.05, 0) is 33.4 Å². The Morgan fingerprint density at radius 2 is 2.11 bits per heavy atom. The van der Waals surface area contributed by atoms with Gasteiger partial charge in [-0.25, -0.2) is 4.39 Å². The van der Waals surface area contributed by atoms with Gasteiger partial charge in [0.2, 0.25) is 5.88 Å². The van der Waals surface area contributed by atoms with Crippen LogP contribution in [0.1, 0.15) is 0 Å². The van der Waals surface area contributed by atoms with Crippen molar-refractivity contribution < 1.29 is 8.91 Å². The van der Waals surface area contributed by atoms with Crippen LogP contribution < -0.4 is 5.73 Å². The lowest BCUT2D eigenvalue weighted by atomic mass is 10.1. The smallest absolute Gasteiger partial charge is 0.231 e. The second kappa shape index (κ2) is 4.79. The van der Waals surface area contributed by atoms with Crippen molar-refractivity contribution >= 4 is 33.2 Å². The van der Waals surface area contributed by atoms with Crippen molar-refractivity contribution in [2.75, 3.05) is 5.73 Å². The molecule has 0 saturated heterocycles. The maximum atomic E-state index is 13.6. The van der Waals surface area contributed by atoms with Gasteiger partial charge in [0.05, 0.1) is 10.0 Å². The molecule has 0 spiro atoms. The first-order chi connectivity index (χ1) is 9.18. The first kappa shape index (κ1) is 12.4. The van der Waals surface area contributed by atoms with Gasteiger partial charge < -0.3 is 10.3 Å². The largest absolute Gasteiger partial charge is 0.367 e. The molecule has 96 valence electrons. The number of hydrogen-bond acceptors (Lipinski definition) is 4. The Kier molecular flexibility index (Phi) is 3.12. The van der Waals surface area contributed by atoms with Crippen LogP contribution in [0, 0.1) is 5.82 Å². The van der Waals surface area contributed by atoms with E-state index in [0.29, 0.717) is 21.3 Å². The highest BCUT2D eigenvalue weighted by Gasteiger charge is 2.20. The molecule has 0 fully saturated rings. The molecule has 6 heteroatoms. The molecule has 0 atom stereocenters. The Labute approximate surface area is 121 Å². The summed E-state index contributed by atoms with van der Waals surface area (Å²) >= 11 is 4.75. The quantitative estimate of drug-likeness (QED) is 0.745. The van der Waals surface area contributed by atoms with E-state index in [4.69, 9.17) is 10.3 Å². The number of benzene rings is 1. The normalized spacial score (nSPS) is 10.8. The molecule has 2 aromatic heterocycles. The number of hydrogen-bond donors (Lipinski definition) is 1. The number of nitrogens with two attached hydrogens (primary N) is 1. The summed E-state index contributed by atoms with van der Waals surface area (Å²) < 4.78 is 19.0. The topological polar surface area (TPSA) is 52.0 Å². The summed E-state index contributed by atoms with van der Waals surface area (Å²) in [5.41, 5.74) is 7.67. The zero-order valence-corrected chi connectivity index (χ0v) is 12.0. The summed E-state index contributed by atoms with van der Waals surface area (Å²) in [4.78, 5) is 0.935. The van der Waals surface area contributed by atoms with E-state index in [0.717, 1.165) is 4.88 Å². The summed E-state index contributed by atoms with van der Waals surface area (Å²) in [6.07, 6.45) is 0. The summed E-state index contributed by atoms with van der Waals surface area (Å²) in [5, 5.41) is 5.89. The van der Waals surface area contributed by atoms with E-state index in [1.54, 1.807) is 12.1 Å². The predicted molar refractivity (Wildman–Crippen MR) is 77.3 cm³/mol. The summed E-state index contributed by atoms with van der Waals surface area (Å²) in [7, 11) is 0. The Morgan fingerprint density at radius 3 is 2.84 bits per heavy atom. The van der Waals surface area contributed by atoms with Crippen molar-refractivity contribution in [1.29, 1.82) is 0 Å². The molecule has 1 aromatic carbocycles. The zero-order chi connectivity index (χ0) is 13.4. The molecule has 0 amide bonds. The number of thiophene rings is 1. The minimum Gasteiger partial charge on any atom is -0.367 e. The van der Waals surface area contributed by atoms with Crippen molar-refractivity contribution in [2.24, 2.45) is 0 Å². The number of rotatable bonds is 2. The Morgan fingerprint density at radius 1 is 1.26 bits per heavy atom. The zero-order valence-electron chi connectivity index (χ0n) is 9.56. The summed E-state index contributed by atoms with van der Waals surface area (Å²) in [6.45, 7) is 0. The molecule has 2 heterocycles. The van der Waals surface area contributed by atoms with Crippen molar-refractivity contribution in [3.05, 3.63) is 46.0 Å². The maximum absolute atomic E-state index is 13.6. The van der Waals surface area contributed by atoms with E-state index in [1.807, 2.05) is 17.5 Å². The molecule has 19 heavy (non-hydrogen) atoms. The van der Waals surface area contributed by atoms with E-state index >= 15 is 0 Å². The second-order valence-electron chi connectivity index (χ2n) is 3.85. The fourth-order valence-corrected chi connectivity index (χ4v) is 3.06. The Balaban J connectivity index is 2.25. The van der Waals surface area contributed by atoms with Crippen molar-refractivity contribution in [2.45, 2.75) is 0 Å². The third kappa shape index (κ3) is 2.06. The number of halogens is 2. The average Bonchev–Trinajstić information content (AvgIpc) is 3.02. The number of nitrogen functional groups attached to an aromatic ring is 1. The Hall–Kier alpha value is -1.66. The molecule has 0 radical (unpaired) electrons. The van der Waals surface area contributed by atoms with E-state index < -0.39 is 0 Å². The minimum atomic E-state index is -0.351. The van der Waals surface area contributed by atoms with Gasteiger partial charge in [0.15, 0.2) is 0 Å². The van der Waals surface area contributed by atoms with Crippen LogP contribution in [0.3, 0.4) is 0 Å². The van der Waals surface area contributed by atoms with Crippen LogP contribution in [0.5, 0.6) is 0 Å². The monoisotopic (exact) mass is 338 g/mol. The molecule has 3 aromatic rings. The first-order valence-electron chi connectivity index (χ1n) is 5.42. The van der Waals surface area contributed by atoms with Crippen LogP contribution in [0.2, 0.25) is 0 Å². The third-order valence-electron chi connectivity index (χ3n) is 2.69. The van der Waals surface area contributed by atoms with E-state index in [-0.39, 0.29) is 11.7 Å². The fourth-order valence-electron chi connectivity index (χ4n) is 1.83. The molecule has 0 unspecified atom stereocenters. The molecule has 2 N–H and O–H groups in total. The lowest BCUT2D eigenvalue weighted by molar-refractivity contribution is 0.439. The SMILES string of the molecule is Nc1onc(-c2cccc(F)c2Br)c1-c1cccs1. The van der Waals surface area contributed by atoms with Gasteiger partial charge >= 0.3 is 0 Å². The highest BCUT2D eigenvalue weighted by molar-refractivity contribution is 9.10. The van der Waals surface area contributed by atoms with E-state index in [9.17, 15) is 4.39 Å². The van der Waals surface area contributed by atoms with Gasteiger partial charge in [0.1, 0.15) is 11.5 Å². The molecular formula is C13H8BrFN2OS. The Bertz CT molecular complexity index is 724. The van der Waals surface area contributed by atoms with Gasteiger partial charge in [-0.3, -0.25) is 0 Å². The molecule has 0 aliphatic rings. The molecular weight excluding hydrogens is 331 g/mol. The van der Waals surface area contributed by atoms with Crippen LogP contribution in [-0.4, -0.2) is 5.16 Å². The molecule has 0 saturated carbocycles. The van der Waals surface area contributed by atoms with Crippen LogP contribution >= 0.6 is 27.3 Å². The fraction of sp³-hybridized carbons (Fsp3) is 0. The highest BCUT2D eigenvalue weighted by Crippen LogP contribution is 2.41. The van der Waals surface area contributed by atoms with Crippen LogP contribution in [0.15, 0.2) is 44.7 Å². The van der Waals surface area contributed by atoms with Gasteiger partial charge in [0.25, 0.3) is 0 Å². The summed E-state index contributed by atoms with van der Waals surface area (Å²) in [5.74, 6) is -0.121. The van der Waals surface area contributed by atoms with Crippen molar-refractivity contribution in [3.63, 3.8) is 0 Å². The van der Waals surface area contributed by atoms with Gasteiger partial charge in [-0.1, -0.05) is 23.4 Å². The standard InChI is InChI=1S/C13H8BrFN2OS/c14-11-7(3-1-4-8(11)15)12-10(13(16)18-17-12)9-5-2-6-19-9/h1-6H,16H2. The van der Waals surface area contributed by atoms with E-state index in [2.05, 4.69) is 21.1 Å². The molecule has 3 rings (SSSR count). The van der Waals surface area contributed by atoms with E-state index in [1.165, 1.54) is 17.4 Å². The van der Waals surface area contributed by atoms with Gasteiger partial charge in [0, 0.05) is 10.4 Å². The van der Waals surface area contributed by atoms with Gasteiger partial charge in [-0.15, -0.1) is 11.3 Å². The molecule has 0 aliphatic heterocycles. The van der Waals surface area contributed by atoms with Crippen molar-refractivity contribution in [1.82, 2.24) is 5.16 Å². The number of nitrogens with zero attached hydrogens (tertiary/aromatic N) is 1. The lowest BCUT2D eigenvalue weighted by Gasteiger charge is -2.03. The second-order valence-corrected chi connectivity index (χ2v) is 5.59. The van der Waals surface area contributed by atoms with Crippen molar-refractivity contribution in [3.8, 4) is 21.7 Å². The molecule has 0 aliphatic carbocycles. The predicted octanol–water partition coefficient (Wildman–Crippen LogP) is 4.55. The minimum absolute atomic E-state index is 0.230. The van der Waals surface area contributed by atoms with Gasteiger partial charge in [-0.2, -0.15) is 0 Å². The average molecular weight is 339 g/mol. The van der Waals surface area contributed by atoms with Crippen LogP contribution in [-0.2, 0) is 0 Å². The lowest BCUT2D eigenvalue weighted by Crippen LogP contribution is -1.88. The van der Waals surface area contributed by atoms with Crippen LogP contribution in [0.25, 0.3) is 21.7 Å².